The lowest BCUT2D eigenvalue weighted by atomic mass is 10.0. The van der Waals surface area contributed by atoms with E-state index in [9.17, 15) is 19.3 Å². The fourth-order valence-corrected chi connectivity index (χ4v) is 9.76. The van der Waals surface area contributed by atoms with Crippen LogP contribution in [-0.2, 0) is 32.0 Å². The lowest BCUT2D eigenvalue weighted by Gasteiger charge is -2.31. The fourth-order valence-electron chi connectivity index (χ4n) is 6.73. The predicted octanol–water partition coefficient (Wildman–Crippen LogP) is 0.904. The standard InChI is InChI=1S/C22H26N10O9P2S2/c23-17-10-19(27-4-25-17)31(6-29-10)12-8-1-22(8)3-38-43(36,45)40-15-13(33)9(2-37-42(35,44)41-16(22)14(12)34)39-21(15)32-7-30-11-18(24)26-5-28-20(11)32/h4-9,12-16,21,33-34H,1-3H2,(H,35,44)(H,36,45)(H2,23,25,27)(H2,24,26,28)/t8-,9-,12-,13-,14+,15-,16+,21-,22+,42-,43-/m1/s1. The smallest absolute Gasteiger partial charge is 0.386 e. The second-order valence-corrected chi connectivity index (χ2v) is 17.1. The van der Waals surface area contributed by atoms with Crippen molar-refractivity contribution in [3.8, 4) is 0 Å². The molecule has 0 unspecified atom stereocenters. The van der Waals surface area contributed by atoms with E-state index in [0.717, 1.165) is 0 Å². The second-order valence-electron chi connectivity index (χ2n) is 11.3. The molecule has 19 nitrogen and oxygen atoms in total. The molecule has 2 aliphatic carbocycles. The zero-order valence-corrected chi connectivity index (χ0v) is 26.4. The quantitative estimate of drug-likeness (QED) is 0.125. The Balaban J connectivity index is 1.14. The van der Waals surface area contributed by atoms with Gasteiger partial charge in [-0.25, -0.2) is 39.0 Å². The van der Waals surface area contributed by atoms with Crippen molar-refractivity contribution in [3.63, 3.8) is 0 Å². The van der Waals surface area contributed by atoms with Crippen molar-refractivity contribution in [2.45, 2.75) is 49.2 Å². The number of hydrogen-bond donors (Lipinski definition) is 6. The summed E-state index contributed by atoms with van der Waals surface area (Å²) in [5.74, 6) is -0.0617. The van der Waals surface area contributed by atoms with E-state index in [-0.39, 0.29) is 35.3 Å². The molecule has 4 aromatic heterocycles. The summed E-state index contributed by atoms with van der Waals surface area (Å²) in [6.45, 7) is -9.24. The fraction of sp³-hybridized carbons (Fsp3) is 0.545. The maximum atomic E-state index is 13.7. The van der Waals surface area contributed by atoms with Crippen molar-refractivity contribution in [2.24, 2.45) is 11.3 Å². The largest absolute Gasteiger partial charge is 0.388 e. The number of nitrogens with zero attached hydrogens (tertiary/aromatic N) is 8. The first kappa shape index (κ1) is 29.9. The average molecular weight is 701 g/mol. The Hall–Kier alpha value is -2.42. The molecule has 4 aliphatic rings. The van der Waals surface area contributed by atoms with Gasteiger partial charge >= 0.3 is 13.6 Å². The predicted molar refractivity (Wildman–Crippen MR) is 160 cm³/mol. The maximum absolute atomic E-state index is 13.7. The maximum Gasteiger partial charge on any atom is 0.386 e. The summed E-state index contributed by atoms with van der Waals surface area (Å²) in [6.07, 6.45) is -1.85. The molecule has 4 aromatic rings. The number of fused-ring (bicyclic) bond motifs is 4. The third-order valence-corrected chi connectivity index (χ3v) is 12.1. The molecule has 2 saturated heterocycles. The van der Waals surface area contributed by atoms with Gasteiger partial charge in [0.05, 0.1) is 31.9 Å². The number of aliphatic hydroxyl groups is 2. The molecule has 2 bridgehead atoms. The second kappa shape index (κ2) is 10.3. The van der Waals surface area contributed by atoms with E-state index in [0.29, 0.717) is 17.6 Å². The van der Waals surface area contributed by atoms with Crippen LogP contribution in [0.15, 0.2) is 25.3 Å². The molecule has 8 rings (SSSR count). The number of thiol groups is 2. The summed E-state index contributed by atoms with van der Waals surface area (Å²) in [4.78, 5) is 24.9. The zero-order valence-electron chi connectivity index (χ0n) is 22.8. The molecule has 45 heavy (non-hydrogen) atoms. The third-order valence-electron chi connectivity index (χ3n) is 8.90. The van der Waals surface area contributed by atoms with Crippen LogP contribution < -0.4 is 11.5 Å². The van der Waals surface area contributed by atoms with Crippen LogP contribution in [0.3, 0.4) is 0 Å². The highest BCUT2D eigenvalue weighted by atomic mass is 32.7. The van der Waals surface area contributed by atoms with Crippen LogP contribution in [0.2, 0.25) is 0 Å². The highest BCUT2D eigenvalue weighted by molar-refractivity contribution is 8.44. The number of ether oxygens (including phenoxy) is 1. The van der Waals surface area contributed by atoms with Crippen LogP contribution in [-0.4, -0.2) is 93.0 Å². The Kier molecular flexibility index (Phi) is 6.85. The van der Waals surface area contributed by atoms with Gasteiger partial charge in [-0.2, -0.15) is 0 Å². The van der Waals surface area contributed by atoms with Crippen molar-refractivity contribution in [2.75, 3.05) is 24.7 Å². The Morgan fingerprint density at radius 1 is 0.867 bits per heavy atom. The molecule has 23 heteroatoms. The van der Waals surface area contributed by atoms with Crippen LogP contribution in [0.4, 0.5) is 11.6 Å². The highest BCUT2D eigenvalue weighted by Crippen LogP contribution is 2.73. The first-order chi connectivity index (χ1) is 21.4. The molecule has 0 radical (unpaired) electrons. The van der Waals surface area contributed by atoms with Gasteiger partial charge in [-0.15, -0.1) is 0 Å². The number of aromatic nitrogens is 8. The summed E-state index contributed by atoms with van der Waals surface area (Å²) >= 11 is 8.39. The number of aliphatic hydroxyl groups excluding tert-OH is 2. The molecule has 11 atom stereocenters. The van der Waals surface area contributed by atoms with E-state index in [4.69, 9.17) is 34.3 Å². The molecule has 240 valence electrons. The van der Waals surface area contributed by atoms with E-state index in [1.807, 2.05) is 0 Å². The molecular formula is C22H26N10O9P2S2. The molecule has 0 aromatic carbocycles. The zero-order chi connectivity index (χ0) is 31.5. The Morgan fingerprint density at radius 2 is 1.49 bits per heavy atom. The molecule has 4 fully saturated rings. The van der Waals surface area contributed by atoms with Crippen molar-refractivity contribution in [3.05, 3.63) is 25.3 Å². The molecular weight excluding hydrogens is 674 g/mol. The summed E-state index contributed by atoms with van der Waals surface area (Å²) in [6, 6.07) is -0.672. The van der Waals surface area contributed by atoms with E-state index in [2.05, 4.69) is 54.4 Å². The first-order valence-electron chi connectivity index (χ1n) is 13.6. The Morgan fingerprint density at radius 3 is 2.18 bits per heavy atom. The topological polar surface area (TPSA) is 260 Å². The van der Waals surface area contributed by atoms with E-state index < -0.39 is 68.4 Å². The van der Waals surface area contributed by atoms with Gasteiger partial charge in [0.2, 0.25) is 0 Å². The number of hydrogen-bond acceptors (Lipinski definition) is 17. The minimum absolute atomic E-state index is 0.109. The number of anilines is 2. The van der Waals surface area contributed by atoms with Gasteiger partial charge in [0.25, 0.3) is 0 Å². The lowest BCUT2D eigenvalue weighted by Crippen LogP contribution is -2.37. The molecule has 1 spiro atoms. The van der Waals surface area contributed by atoms with Gasteiger partial charge in [-0.05, 0) is 12.3 Å². The molecule has 6 heterocycles. The minimum atomic E-state index is -4.25. The van der Waals surface area contributed by atoms with E-state index in [1.54, 1.807) is 4.57 Å². The van der Waals surface area contributed by atoms with Gasteiger partial charge in [-0.3, -0.25) is 18.1 Å². The number of nitrogen functional groups attached to an aromatic ring is 2. The molecule has 6 N–H and O–H groups in total. The van der Waals surface area contributed by atoms with Gasteiger partial charge in [0, 0.05) is 5.41 Å². The van der Waals surface area contributed by atoms with Crippen LogP contribution in [0.1, 0.15) is 18.7 Å². The molecule has 2 aliphatic heterocycles. The average Bonchev–Trinajstić information content (AvgIpc) is 3.28. The Labute approximate surface area is 263 Å². The monoisotopic (exact) mass is 700 g/mol. The number of rotatable bonds is 2. The van der Waals surface area contributed by atoms with Crippen LogP contribution in [0.25, 0.3) is 22.3 Å². The van der Waals surface area contributed by atoms with Crippen molar-refractivity contribution >= 4 is 72.1 Å². The van der Waals surface area contributed by atoms with Crippen LogP contribution in [0.5, 0.6) is 0 Å². The summed E-state index contributed by atoms with van der Waals surface area (Å²) in [7, 11) is 0. The minimum Gasteiger partial charge on any atom is -0.388 e. The summed E-state index contributed by atoms with van der Waals surface area (Å²) < 4.78 is 59.6. The van der Waals surface area contributed by atoms with Crippen molar-refractivity contribution < 1.29 is 42.2 Å². The van der Waals surface area contributed by atoms with E-state index in [1.165, 1.54) is 29.9 Å². The SMILES string of the molecule is Nc1ncnc2c1ncn2[C@H]1[C@H](O)[C@@H]2O[P@](=O)(S)OC[C@H]3O[C@@H](n4cnc5c(N)ncnc54)[C@H](O[P@](=O)(S)OC[C@]24C[C@H]14)[C@@H]3O. The van der Waals surface area contributed by atoms with Gasteiger partial charge in [-0.1, -0.05) is 24.5 Å². The van der Waals surface area contributed by atoms with Gasteiger partial charge in [0.15, 0.2) is 29.2 Å². The third kappa shape index (κ3) is 4.71. The molecule has 2 saturated carbocycles. The molecule has 0 amide bonds. The highest BCUT2D eigenvalue weighted by Gasteiger charge is 2.74. The summed E-state index contributed by atoms with van der Waals surface area (Å²) in [5, 5.41) is 22.8. The van der Waals surface area contributed by atoms with Crippen LogP contribution >= 0.6 is 38.1 Å². The van der Waals surface area contributed by atoms with Gasteiger partial charge in [0.1, 0.15) is 54.2 Å². The van der Waals surface area contributed by atoms with Crippen LogP contribution in [0, 0.1) is 11.3 Å². The van der Waals surface area contributed by atoms with Crippen molar-refractivity contribution in [1.82, 2.24) is 39.0 Å². The number of nitrogens with two attached hydrogens (primary N) is 2. The van der Waals surface area contributed by atoms with E-state index >= 15 is 0 Å². The normalized spacial score (nSPS) is 41.7. The summed E-state index contributed by atoms with van der Waals surface area (Å²) in [5.41, 5.74) is 12.1. The van der Waals surface area contributed by atoms with Gasteiger partial charge < -0.3 is 35.5 Å². The number of imidazole rings is 2. The van der Waals surface area contributed by atoms with Crippen molar-refractivity contribution in [1.29, 1.82) is 0 Å². The lowest BCUT2D eigenvalue weighted by molar-refractivity contribution is -0.0554. The first-order valence-corrected chi connectivity index (χ1v) is 19.0. The Bertz CT molecular complexity index is 1930.